The Morgan fingerprint density at radius 3 is 3.22 bits per heavy atom. The van der Waals surface area contributed by atoms with Crippen LogP contribution in [0, 0.1) is 0 Å². The average Bonchev–Trinajstić information content (AvgIpc) is 2.89. The van der Waals surface area contributed by atoms with Crippen LogP contribution in [0.25, 0.3) is 0 Å². The minimum atomic E-state index is 0.0853. The molecule has 0 radical (unpaired) electrons. The average molecular weight is 263 g/mol. The highest BCUT2D eigenvalue weighted by molar-refractivity contribution is 8.00. The number of benzene rings is 1. The lowest BCUT2D eigenvalue weighted by atomic mass is 10.2. The third-order valence-corrected chi connectivity index (χ3v) is 4.40. The van der Waals surface area contributed by atoms with E-state index < -0.39 is 0 Å². The van der Waals surface area contributed by atoms with Gasteiger partial charge in [0.25, 0.3) is 0 Å². The maximum Gasteiger partial charge on any atom is 0.234 e. The summed E-state index contributed by atoms with van der Waals surface area (Å²) in [5.41, 5.74) is 2.01. The summed E-state index contributed by atoms with van der Waals surface area (Å²) in [7, 11) is 0. The van der Waals surface area contributed by atoms with Crippen LogP contribution < -0.4 is 16.0 Å². The van der Waals surface area contributed by atoms with Gasteiger partial charge in [-0.15, -0.1) is 11.8 Å². The lowest BCUT2D eigenvalue weighted by Gasteiger charge is -2.18. The van der Waals surface area contributed by atoms with Crippen molar-refractivity contribution in [2.75, 3.05) is 29.5 Å². The molecule has 1 unspecified atom stereocenters. The van der Waals surface area contributed by atoms with Crippen molar-refractivity contribution in [1.82, 2.24) is 5.32 Å². The van der Waals surface area contributed by atoms with Crippen LogP contribution in [0.4, 0.5) is 11.4 Å². The number of nitrogens with one attached hydrogen (secondary N) is 3. The third kappa shape index (κ3) is 2.62. The molecule has 3 rings (SSSR count). The molecule has 0 aliphatic carbocycles. The summed E-state index contributed by atoms with van der Waals surface area (Å²) in [4.78, 5) is 12.5. The van der Waals surface area contributed by atoms with E-state index in [-0.39, 0.29) is 5.91 Å². The summed E-state index contributed by atoms with van der Waals surface area (Å²) in [5.74, 6) is 0.605. The number of amides is 1. The molecule has 1 atom stereocenters. The van der Waals surface area contributed by atoms with Crippen LogP contribution in [0.2, 0.25) is 0 Å². The summed E-state index contributed by atoms with van der Waals surface area (Å²) in [5, 5.41) is 9.80. The lowest BCUT2D eigenvalue weighted by molar-refractivity contribution is -0.113. The number of carbonyl (C=O) groups is 1. The van der Waals surface area contributed by atoms with E-state index in [1.807, 2.05) is 6.07 Å². The molecule has 5 heteroatoms. The van der Waals surface area contributed by atoms with Gasteiger partial charge in [-0.05, 0) is 37.6 Å². The number of hydrogen-bond donors (Lipinski definition) is 3. The van der Waals surface area contributed by atoms with Gasteiger partial charge in [0.1, 0.15) is 0 Å². The zero-order chi connectivity index (χ0) is 12.4. The first-order chi connectivity index (χ1) is 8.81. The molecule has 1 amide bonds. The van der Waals surface area contributed by atoms with E-state index in [9.17, 15) is 4.79 Å². The first-order valence-corrected chi connectivity index (χ1v) is 7.34. The number of carbonyl (C=O) groups excluding carboxylic acids is 1. The topological polar surface area (TPSA) is 53.2 Å². The largest absolute Gasteiger partial charge is 0.383 e. The predicted octanol–water partition coefficient (Wildman–Crippen LogP) is 1.89. The van der Waals surface area contributed by atoms with Crippen LogP contribution in [0.1, 0.15) is 12.8 Å². The van der Waals surface area contributed by atoms with Crippen molar-refractivity contribution in [3.8, 4) is 0 Å². The SMILES string of the molecule is O=C1CSc2ccc(NCC3CCCN3)cc2N1. The van der Waals surface area contributed by atoms with E-state index in [0.29, 0.717) is 11.8 Å². The quantitative estimate of drug-likeness (QED) is 0.779. The molecule has 1 saturated heterocycles. The summed E-state index contributed by atoms with van der Waals surface area (Å²) < 4.78 is 0. The molecule has 1 fully saturated rings. The zero-order valence-corrected chi connectivity index (χ0v) is 11.0. The highest BCUT2D eigenvalue weighted by atomic mass is 32.2. The van der Waals surface area contributed by atoms with Crippen molar-refractivity contribution in [1.29, 1.82) is 0 Å². The molecule has 0 bridgehead atoms. The second kappa shape index (κ2) is 5.20. The molecule has 2 heterocycles. The molecule has 2 aliphatic rings. The van der Waals surface area contributed by atoms with Crippen LogP contribution in [0.15, 0.2) is 23.1 Å². The Kier molecular flexibility index (Phi) is 3.43. The molecular formula is C13H17N3OS. The van der Waals surface area contributed by atoms with Crippen molar-refractivity contribution in [2.45, 2.75) is 23.8 Å². The first kappa shape index (κ1) is 11.9. The zero-order valence-electron chi connectivity index (χ0n) is 10.2. The summed E-state index contributed by atoms with van der Waals surface area (Å²) in [6.45, 7) is 2.07. The minimum absolute atomic E-state index is 0.0853. The Labute approximate surface area is 111 Å². The van der Waals surface area contributed by atoms with E-state index in [0.717, 1.165) is 29.4 Å². The van der Waals surface area contributed by atoms with Crippen molar-refractivity contribution < 1.29 is 4.79 Å². The number of thioether (sulfide) groups is 1. The minimum Gasteiger partial charge on any atom is -0.383 e. The summed E-state index contributed by atoms with van der Waals surface area (Å²) in [6.07, 6.45) is 2.51. The molecule has 0 aromatic heterocycles. The van der Waals surface area contributed by atoms with E-state index in [2.05, 4.69) is 28.1 Å². The van der Waals surface area contributed by atoms with Crippen molar-refractivity contribution >= 4 is 29.0 Å². The van der Waals surface area contributed by atoms with Gasteiger partial charge in [-0.1, -0.05) is 0 Å². The van der Waals surface area contributed by atoms with Crippen molar-refractivity contribution in [3.63, 3.8) is 0 Å². The molecular weight excluding hydrogens is 246 g/mol. The van der Waals surface area contributed by atoms with Gasteiger partial charge in [0.15, 0.2) is 0 Å². The van der Waals surface area contributed by atoms with Crippen LogP contribution in [-0.4, -0.2) is 30.8 Å². The van der Waals surface area contributed by atoms with Gasteiger partial charge in [-0.3, -0.25) is 4.79 Å². The Morgan fingerprint density at radius 2 is 2.39 bits per heavy atom. The molecule has 0 saturated carbocycles. The second-order valence-electron chi connectivity index (χ2n) is 4.72. The lowest BCUT2D eigenvalue weighted by Crippen LogP contribution is -2.29. The maximum absolute atomic E-state index is 11.3. The van der Waals surface area contributed by atoms with Crippen LogP contribution in [-0.2, 0) is 4.79 Å². The fraction of sp³-hybridized carbons (Fsp3) is 0.462. The van der Waals surface area contributed by atoms with E-state index in [1.165, 1.54) is 12.8 Å². The van der Waals surface area contributed by atoms with Gasteiger partial charge in [0, 0.05) is 23.2 Å². The summed E-state index contributed by atoms with van der Waals surface area (Å²) in [6, 6.07) is 6.75. The van der Waals surface area contributed by atoms with Gasteiger partial charge in [0.05, 0.1) is 11.4 Å². The van der Waals surface area contributed by atoms with E-state index in [4.69, 9.17) is 0 Å². The van der Waals surface area contributed by atoms with E-state index in [1.54, 1.807) is 11.8 Å². The molecule has 18 heavy (non-hydrogen) atoms. The van der Waals surface area contributed by atoms with Gasteiger partial charge in [-0.25, -0.2) is 0 Å². The number of fused-ring (bicyclic) bond motifs is 1. The molecule has 0 spiro atoms. The molecule has 1 aromatic rings. The van der Waals surface area contributed by atoms with Gasteiger partial charge >= 0.3 is 0 Å². The molecule has 2 aliphatic heterocycles. The van der Waals surface area contributed by atoms with Crippen LogP contribution >= 0.6 is 11.8 Å². The Bertz CT molecular complexity index is 458. The molecule has 4 nitrogen and oxygen atoms in total. The van der Waals surface area contributed by atoms with Crippen LogP contribution in [0.5, 0.6) is 0 Å². The van der Waals surface area contributed by atoms with Gasteiger partial charge in [0.2, 0.25) is 5.91 Å². The standard InChI is InChI=1S/C13H17N3OS/c17-13-8-18-12-4-3-9(6-11(12)16-13)15-7-10-2-1-5-14-10/h3-4,6,10,14-15H,1-2,5,7-8H2,(H,16,17). The van der Waals surface area contributed by atoms with Gasteiger partial charge in [-0.2, -0.15) is 0 Å². The normalized spacial score (nSPS) is 22.4. The first-order valence-electron chi connectivity index (χ1n) is 6.35. The van der Waals surface area contributed by atoms with Crippen molar-refractivity contribution in [2.24, 2.45) is 0 Å². The van der Waals surface area contributed by atoms with Crippen molar-refractivity contribution in [3.05, 3.63) is 18.2 Å². The smallest absolute Gasteiger partial charge is 0.234 e. The molecule has 3 N–H and O–H groups in total. The third-order valence-electron chi connectivity index (χ3n) is 3.33. The fourth-order valence-corrected chi connectivity index (χ4v) is 3.15. The molecule has 1 aromatic carbocycles. The highest BCUT2D eigenvalue weighted by Crippen LogP contribution is 2.33. The summed E-state index contributed by atoms with van der Waals surface area (Å²) >= 11 is 1.60. The monoisotopic (exact) mass is 263 g/mol. The van der Waals surface area contributed by atoms with Crippen LogP contribution in [0.3, 0.4) is 0 Å². The van der Waals surface area contributed by atoms with E-state index >= 15 is 0 Å². The molecule has 96 valence electrons. The second-order valence-corrected chi connectivity index (χ2v) is 5.74. The highest BCUT2D eigenvalue weighted by Gasteiger charge is 2.16. The Balaban J connectivity index is 1.65. The Morgan fingerprint density at radius 1 is 1.44 bits per heavy atom. The predicted molar refractivity (Wildman–Crippen MR) is 75.3 cm³/mol. The number of hydrogen-bond acceptors (Lipinski definition) is 4. The number of anilines is 2. The fourth-order valence-electron chi connectivity index (χ4n) is 2.37. The maximum atomic E-state index is 11.3. The van der Waals surface area contributed by atoms with Gasteiger partial charge < -0.3 is 16.0 Å². The Hall–Kier alpha value is -1.20. The number of rotatable bonds is 3.